The van der Waals surface area contributed by atoms with Crippen LogP contribution in [-0.4, -0.2) is 24.3 Å². The summed E-state index contributed by atoms with van der Waals surface area (Å²) in [5.41, 5.74) is 0.469. The van der Waals surface area contributed by atoms with Crippen LogP contribution in [0.15, 0.2) is 42.5 Å². The fourth-order valence-corrected chi connectivity index (χ4v) is 3.28. The number of hydrogen-bond donors (Lipinski definition) is 0. The number of Topliss-reactive ketones (excluding diaryl/α,β-unsaturated/α-hetero) is 1. The molecular weight excluding hydrogens is 336 g/mol. The van der Waals surface area contributed by atoms with Gasteiger partial charge in [-0.2, -0.15) is 0 Å². The van der Waals surface area contributed by atoms with Crippen molar-refractivity contribution >= 4 is 16.6 Å². The number of benzene rings is 2. The normalized spacial score (nSPS) is 15.0. The van der Waals surface area contributed by atoms with Gasteiger partial charge in [0.15, 0.2) is 12.1 Å². The van der Waals surface area contributed by atoms with E-state index in [1.54, 1.807) is 0 Å². The molecule has 0 amide bonds. The molecule has 0 saturated carbocycles. The van der Waals surface area contributed by atoms with Crippen molar-refractivity contribution in [1.29, 1.82) is 0 Å². The van der Waals surface area contributed by atoms with Gasteiger partial charge in [0.05, 0.1) is 5.60 Å². The number of hydrogen-bond acceptors (Lipinski definition) is 3. The molecule has 0 saturated heterocycles. The van der Waals surface area contributed by atoms with E-state index in [0.717, 1.165) is 30.0 Å². The molecule has 0 fully saturated rings. The van der Waals surface area contributed by atoms with E-state index in [0.29, 0.717) is 11.5 Å². The van der Waals surface area contributed by atoms with Gasteiger partial charge in [0, 0.05) is 5.56 Å². The highest BCUT2D eigenvalue weighted by Gasteiger charge is 2.26. The van der Waals surface area contributed by atoms with Gasteiger partial charge in [0.25, 0.3) is 0 Å². The third-order valence-electron chi connectivity index (χ3n) is 5.21. The number of carbonyl (C=O) groups is 1. The first-order chi connectivity index (χ1) is 12.8. The molecule has 2 rings (SSSR count). The quantitative estimate of drug-likeness (QED) is 0.339. The van der Waals surface area contributed by atoms with Crippen LogP contribution in [0.2, 0.25) is 0 Å². The van der Waals surface area contributed by atoms with Crippen molar-refractivity contribution in [3.63, 3.8) is 0 Å². The number of fused-ring (bicyclic) bond motifs is 1. The van der Waals surface area contributed by atoms with Gasteiger partial charge >= 0.3 is 0 Å². The highest BCUT2D eigenvalue weighted by atomic mass is 16.7. The molecule has 3 heteroatoms. The van der Waals surface area contributed by atoms with Gasteiger partial charge in [-0.25, -0.2) is 0 Å². The summed E-state index contributed by atoms with van der Waals surface area (Å²) >= 11 is 0. The molecule has 2 aromatic carbocycles. The Kier molecular flexibility index (Phi) is 8.00. The van der Waals surface area contributed by atoms with E-state index in [1.165, 1.54) is 6.42 Å². The lowest BCUT2D eigenvalue weighted by Gasteiger charge is -2.32. The first-order valence-corrected chi connectivity index (χ1v) is 10.1. The van der Waals surface area contributed by atoms with Crippen molar-refractivity contribution in [2.24, 2.45) is 5.92 Å². The van der Waals surface area contributed by atoms with Crippen molar-refractivity contribution in [2.75, 3.05) is 6.61 Å². The fourth-order valence-electron chi connectivity index (χ4n) is 3.28. The molecule has 0 aliphatic heterocycles. The highest BCUT2D eigenvalue weighted by molar-refractivity contribution is 6.00. The molecule has 3 nitrogen and oxygen atoms in total. The highest BCUT2D eigenvalue weighted by Crippen LogP contribution is 2.26. The molecule has 2 unspecified atom stereocenters. The Morgan fingerprint density at radius 2 is 1.78 bits per heavy atom. The second-order valence-electron chi connectivity index (χ2n) is 8.07. The van der Waals surface area contributed by atoms with Crippen molar-refractivity contribution < 1.29 is 14.3 Å². The van der Waals surface area contributed by atoms with E-state index < -0.39 is 6.29 Å². The molecule has 0 heterocycles. The van der Waals surface area contributed by atoms with Gasteiger partial charge in [0.2, 0.25) is 0 Å². The fraction of sp³-hybridized carbons (Fsp3) is 0.542. The van der Waals surface area contributed by atoms with E-state index in [-0.39, 0.29) is 18.0 Å². The smallest absolute Gasteiger partial charge is 0.188 e. The maximum Gasteiger partial charge on any atom is 0.188 e. The first-order valence-electron chi connectivity index (χ1n) is 10.1. The van der Waals surface area contributed by atoms with Crippen LogP contribution in [0.5, 0.6) is 0 Å². The minimum absolute atomic E-state index is 0.0192. The SMILES string of the molecule is CCC(C)(CCCC(C)C)OC(C)OCC(=O)c1ccc2ccccc2c1. The van der Waals surface area contributed by atoms with E-state index >= 15 is 0 Å². The second kappa shape index (κ2) is 10.0. The molecular formula is C24H34O3. The van der Waals surface area contributed by atoms with Crippen molar-refractivity contribution in [1.82, 2.24) is 0 Å². The van der Waals surface area contributed by atoms with Gasteiger partial charge in [-0.05, 0) is 49.4 Å². The van der Waals surface area contributed by atoms with Crippen molar-refractivity contribution in [3.8, 4) is 0 Å². The summed E-state index contributed by atoms with van der Waals surface area (Å²) < 4.78 is 11.9. The molecule has 2 atom stereocenters. The Hall–Kier alpha value is -1.71. The minimum atomic E-state index is -0.404. The third kappa shape index (κ3) is 6.75. The van der Waals surface area contributed by atoms with Crippen LogP contribution in [0.3, 0.4) is 0 Å². The van der Waals surface area contributed by atoms with Crippen LogP contribution in [0, 0.1) is 5.92 Å². The maximum absolute atomic E-state index is 12.5. The van der Waals surface area contributed by atoms with E-state index in [4.69, 9.17) is 9.47 Å². The van der Waals surface area contributed by atoms with Crippen LogP contribution in [-0.2, 0) is 9.47 Å². The number of ether oxygens (including phenoxy) is 2. The average Bonchev–Trinajstić information content (AvgIpc) is 2.65. The van der Waals surface area contributed by atoms with E-state index in [2.05, 4.69) is 27.7 Å². The van der Waals surface area contributed by atoms with Gasteiger partial charge in [0.1, 0.15) is 6.61 Å². The zero-order valence-corrected chi connectivity index (χ0v) is 17.5. The van der Waals surface area contributed by atoms with Crippen LogP contribution < -0.4 is 0 Å². The standard InChI is InChI=1S/C24H34O3/c1-6-24(5,15-9-10-18(2)3)27-19(4)26-17-23(25)22-14-13-20-11-7-8-12-21(20)16-22/h7-8,11-14,16,18-19H,6,9-10,15,17H2,1-5H3. The monoisotopic (exact) mass is 370 g/mol. The zero-order valence-electron chi connectivity index (χ0n) is 17.5. The van der Waals surface area contributed by atoms with Gasteiger partial charge < -0.3 is 9.47 Å². The van der Waals surface area contributed by atoms with Gasteiger partial charge in [-0.3, -0.25) is 4.79 Å². The largest absolute Gasteiger partial charge is 0.347 e. The molecule has 0 radical (unpaired) electrons. The molecule has 2 aromatic rings. The van der Waals surface area contributed by atoms with E-state index in [1.807, 2.05) is 49.4 Å². The summed E-state index contributed by atoms with van der Waals surface area (Å²) in [5, 5.41) is 2.20. The third-order valence-corrected chi connectivity index (χ3v) is 5.21. The predicted octanol–water partition coefficient (Wildman–Crippen LogP) is 6.40. The molecule has 0 N–H and O–H groups in total. The summed E-state index contributed by atoms with van der Waals surface area (Å²) in [7, 11) is 0. The Morgan fingerprint density at radius 3 is 2.44 bits per heavy atom. The predicted molar refractivity (Wildman–Crippen MR) is 112 cm³/mol. The average molecular weight is 371 g/mol. The summed E-state index contributed by atoms with van der Waals surface area (Å²) in [4.78, 5) is 12.5. The first kappa shape index (κ1) is 21.6. The summed E-state index contributed by atoms with van der Waals surface area (Å²) in [6.07, 6.45) is 3.88. The number of ketones is 1. The Labute approximate surface area is 164 Å². The lowest BCUT2D eigenvalue weighted by atomic mass is 9.93. The van der Waals surface area contributed by atoms with Crippen LogP contribution in [0.4, 0.5) is 0 Å². The number of carbonyl (C=O) groups excluding carboxylic acids is 1. The molecule has 0 aromatic heterocycles. The van der Waals surface area contributed by atoms with Gasteiger partial charge in [-0.1, -0.05) is 70.0 Å². The Bertz CT molecular complexity index is 737. The Balaban J connectivity index is 1.87. The molecule has 148 valence electrons. The molecule has 27 heavy (non-hydrogen) atoms. The lowest BCUT2D eigenvalue weighted by Crippen LogP contribution is -2.34. The summed E-state index contributed by atoms with van der Waals surface area (Å²) in [5.74, 6) is 0.688. The minimum Gasteiger partial charge on any atom is -0.347 e. The van der Waals surface area contributed by atoms with Crippen molar-refractivity contribution in [3.05, 3.63) is 48.0 Å². The molecule has 0 aliphatic carbocycles. The number of rotatable bonds is 11. The van der Waals surface area contributed by atoms with Gasteiger partial charge in [-0.15, -0.1) is 0 Å². The van der Waals surface area contributed by atoms with Crippen molar-refractivity contribution in [2.45, 2.75) is 72.2 Å². The lowest BCUT2D eigenvalue weighted by molar-refractivity contribution is -0.195. The van der Waals surface area contributed by atoms with Crippen LogP contribution >= 0.6 is 0 Å². The van der Waals surface area contributed by atoms with Crippen LogP contribution in [0.25, 0.3) is 10.8 Å². The van der Waals surface area contributed by atoms with E-state index in [9.17, 15) is 4.79 Å². The zero-order chi connectivity index (χ0) is 19.9. The van der Waals surface area contributed by atoms with Crippen LogP contribution in [0.1, 0.15) is 70.7 Å². The second-order valence-corrected chi connectivity index (χ2v) is 8.07. The molecule has 0 spiro atoms. The molecule has 0 bridgehead atoms. The summed E-state index contributed by atoms with van der Waals surface area (Å²) in [6, 6.07) is 13.8. The summed E-state index contributed by atoms with van der Waals surface area (Å²) in [6.45, 7) is 10.7. The maximum atomic E-state index is 12.5. The Morgan fingerprint density at radius 1 is 1.07 bits per heavy atom. The topological polar surface area (TPSA) is 35.5 Å². The molecule has 0 aliphatic rings.